The molecule has 0 aromatic heterocycles. The van der Waals surface area contributed by atoms with Gasteiger partial charge in [-0.3, -0.25) is 4.79 Å². The first-order chi connectivity index (χ1) is 10.8. The number of carboxylic acids is 1. The second-order valence-electron chi connectivity index (χ2n) is 5.26. The maximum absolute atomic E-state index is 12.1. The Balaban J connectivity index is 3.22. The van der Waals surface area contributed by atoms with Crippen molar-refractivity contribution in [3.63, 3.8) is 0 Å². The van der Waals surface area contributed by atoms with Crippen LogP contribution in [0.4, 0.5) is 0 Å². The molecule has 6 heteroatoms. The molecular weight excluding hydrogens is 300 g/mol. The number of carboxylic acid groups (broad SMARTS) is 1. The highest BCUT2D eigenvalue weighted by molar-refractivity contribution is 5.90. The molecule has 0 saturated heterocycles. The molecule has 0 amide bonds. The van der Waals surface area contributed by atoms with Crippen LogP contribution in [0, 0.1) is 5.92 Å². The Hall–Kier alpha value is -2.63. The quantitative estimate of drug-likeness (QED) is 0.492. The fourth-order valence-corrected chi connectivity index (χ4v) is 2.04. The minimum absolute atomic E-state index is 0.154. The number of carbonyl (C=O) groups excluding carboxylic acids is 2. The predicted molar refractivity (Wildman–Crippen MR) is 82.8 cm³/mol. The van der Waals surface area contributed by atoms with Crippen LogP contribution in [-0.2, 0) is 25.5 Å². The highest BCUT2D eigenvalue weighted by atomic mass is 16.5. The van der Waals surface area contributed by atoms with Gasteiger partial charge in [0.15, 0.2) is 0 Å². The van der Waals surface area contributed by atoms with E-state index in [0.29, 0.717) is 5.56 Å². The molecule has 6 nitrogen and oxygen atoms in total. The average Bonchev–Trinajstić information content (AvgIpc) is 2.49. The predicted octanol–water partition coefficient (Wildman–Crippen LogP) is 2.57. The zero-order chi connectivity index (χ0) is 17.6. The lowest BCUT2D eigenvalue weighted by molar-refractivity contribution is -0.139. The molecule has 1 rings (SSSR count). The fraction of sp³-hybridized carbons (Fsp3) is 0.353. The van der Waals surface area contributed by atoms with Crippen molar-refractivity contribution in [1.82, 2.24) is 0 Å². The molecule has 0 aliphatic carbocycles. The average molecular weight is 320 g/mol. The molecule has 0 radical (unpaired) electrons. The van der Waals surface area contributed by atoms with Gasteiger partial charge in [-0.25, -0.2) is 9.59 Å². The van der Waals surface area contributed by atoms with Crippen LogP contribution in [-0.4, -0.2) is 30.1 Å². The summed E-state index contributed by atoms with van der Waals surface area (Å²) in [5.74, 6) is -2.06. The summed E-state index contributed by atoms with van der Waals surface area (Å²) in [5.41, 5.74) is 1.10. The van der Waals surface area contributed by atoms with Gasteiger partial charge < -0.3 is 14.6 Å². The first-order valence-corrected chi connectivity index (χ1v) is 7.08. The Morgan fingerprint density at radius 2 is 1.70 bits per heavy atom. The molecule has 0 heterocycles. The zero-order valence-electron chi connectivity index (χ0n) is 13.6. The van der Waals surface area contributed by atoms with Crippen LogP contribution in [0.2, 0.25) is 0 Å². The lowest BCUT2D eigenvalue weighted by atomic mass is 9.98. The second-order valence-corrected chi connectivity index (χ2v) is 5.26. The molecule has 0 atom stereocenters. The number of carbonyl (C=O) groups is 3. The number of methoxy groups -OCH3 is 1. The van der Waals surface area contributed by atoms with E-state index < -0.39 is 17.9 Å². The van der Waals surface area contributed by atoms with Crippen molar-refractivity contribution in [3.05, 3.63) is 46.7 Å². The van der Waals surface area contributed by atoms with E-state index in [1.165, 1.54) is 26.2 Å². The standard InChI is InChI=1S/C17H20O6/c1-10(2)15(23-11(3)18)14(17(21)22-4)9-12-5-7-13(8-6-12)16(19)20/h5-8,10H,9H2,1-4H3,(H,19,20). The van der Waals surface area contributed by atoms with Crippen molar-refractivity contribution in [2.75, 3.05) is 7.11 Å². The van der Waals surface area contributed by atoms with E-state index in [-0.39, 0.29) is 29.2 Å². The fourth-order valence-electron chi connectivity index (χ4n) is 2.04. The Kier molecular flexibility index (Phi) is 6.50. The summed E-state index contributed by atoms with van der Waals surface area (Å²) in [4.78, 5) is 34.2. The summed E-state index contributed by atoms with van der Waals surface area (Å²) in [5, 5.41) is 8.90. The van der Waals surface area contributed by atoms with Crippen molar-refractivity contribution >= 4 is 17.9 Å². The summed E-state index contributed by atoms with van der Waals surface area (Å²) in [6, 6.07) is 6.12. The highest BCUT2D eigenvalue weighted by Crippen LogP contribution is 2.22. The topological polar surface area (TPSA) is 89.9 Å². The van der Waals surface area contributed by atoms with Gasteiger partial charge in [-0.2, -0.15) is 0 Å². The number of ether oxygens (including phenoxy) is 2. The summed E-state index contributed by atoms with van der Waals surface area (Å²) in [6.45, 7) is 4.86. The summed E-state index contributed by atoms with van der Waals surface area (Å²) >= 11 is 0. The van der Waals surface area contributed by atoms with E-state index in [2.05, 4.69) is 0 Å². The summed E-state index contributed by atoms with van der Waals surface area (Å²) < 4.78 is 9.95. The van der Waals surface area contributed by atoms with Crippen molar-refractivity contribution in [2.24, 2.45) is 5.92 Å². The van der Waals surface area contributed by atoms with Gasteiger partial charge in [-0.1, -0.05) is 26.0 Å². The van der Waals surface area contributed by atoms with E-state index >= 15 is 0 Å². The molecular formula is C17H20O6. The normalized spacial score (nSPS) is 11.7. The third-order valence-electron chi connectivity index (χ3n) is 3.09. The molecule has 0 spiro atoms. The number of aromatic carboxylic acids is 1. The number of rotatable bonds is 6. The Labute approximate surface area is 134 Å². The van der Waals surface area contributed by atoms with Crippen LogP contribution < -0.4 is 0 Å². The van der Waals surface area contributed by atoms with Crippen molar-refractivity contribution in [2.45, 2.75) is 27.2 Å². The molecule has 0 bridgehead atoms. The monoisotopic (exact) mass is 320 g/mol. The van der Waals surface area contributed by atoms with Gasteiger partial charge in [0, 0.05) is 19.3 Å². The highest BCUT2D eigenvalue weighted by Gasteiger charge is 2.22. The molecule has 0 aliphatic heterocycles. The minimum Gasteiger partial charge on any atom is -0.478 e. The van der Waals surface area contributed by atoms with Crippen LogP contribution in [0.3, 0.4) is 0 Å². The minimum atomic E-state index is -1.02. The van der Waals surface area contributed by atoms with E-state index in [1.54, 1.807) is 26.0 Å². The number of benzene rings is 1. The lowest BCUT2D eigenvalue weighted by Crippen LogP contribution is -2.16. The number of hydrogen-bond donors (Lipinski definition) is 1. The molecule has 1 aromatic rings. The van der Waals surface area contributed by atoms with Crippen LogP contribution in [0.1, 0.15) is 36.7 Å². The van der Waals surface area contributed by atoms with E-state index in [9.17, 15) is 14.4 Å². The number of esters is 2. The first-order valence-electron chi connectivity index (χ1n) is 7.08. The van der Waals surface area contributed by atoms with Gasteiger partial charge in [-0.15, -0.1) is 0 Å². The van der Waals surface area contributed by atoms with Crippen LogP contribution in [0.15, 0.2) is 35.6 Å². The van der Waals surface area contributed by atoms with E-state index in [1.807, 2.05) is 0 Å². The van der Waals surface area contributed by atoms with Crippen molar-refractivity contribution in [1.29, 1.82) is 0 Å². The van der Waals surface area contributed by atoms with E-state index in [0.717, 1.165) is 0 Å². The molecule has 1 N–H and O–H groups in total. The van der Waals surface area contributed by atoms with Gasteiger partial charge in [-0.05, 0) is 17.7 Å². The van der Waals surface area contributed by atoms with Crippen LogP contribution in [0.5, 0.6) is 0 Å². The number of hydrogen-bond acceptors (Lipinski definition) is 5. The Morgan fingerprint density at radius 1 is 1.13 bits per heavy atom. The molecule has 23 heavy (non-hydrogen) atoms. The summed E-state index contributed by atoms with van der Waals surface area (Å²) in [7, 11) is 1.25. The van der Waals surface area contributed by atoms with E-state index in [4.69, 9.17) is 14.6 Å². The maximum Gasteiger partial charge on any atom is 0.337 e. The molecule has 1 aromatic carbocycles. The molecule has 124 valence electrons. The lowest BCUT2D eigenvalue weighted by Gasteiger charge is -2.16. The molecule has 0 unspecified atom stereocenters. The third kappa shape index (κ3) is 5.25. The zero-order valence-corrected chi connectivity index (χ0v) is 13.6. The second kappa shape index (κ2) is 8.12. The van der Waals surface area contributed by atoms with Crippen LogP contribution >= 0.6 is 0 Å². The van der Waals surface area contributed by atoms with Crippen molar-refractivity contribution in [3.8, 4) is 0 Å². The van der Waals surface area contributed by atoms with Gasteiger partial charge >= 0.3 is 17.9 Å². The molecule has 0 saturated carbocycles. The van der Waals surface area contributed by atoms with Crippen molar-refractivity contribution < 1.29 is 29.0 Å². The van der Waals surface area contributed by atoms with Crippen LogP contribution in [0.25, 0.3) is 0 Å². The maximum atomic E-state index is 12.1. The molecule has 0 aliphatic rings. The van der Waals surface area contributed by atoms with Gasteiger partial charge in [0.05, 0.1) is 18.2 Å². The summed E-state index contributed by atoms with van der Waals surface area (Å²) in [6.07, 6.45) is 0.174. The van der Waals surface area contributed by atoms with Gasteiger partial charge in [0.1, 0.15) is 5.76 Å². The first kappa shape index (κ1) is 18.4. The smallest absolute Gasteiger partial charge is 0.337 e. The Bertz CT molecular complexity index is 625. The third-order valence-corrected chi connectivity index (χ3v) is 3.09. The number of allylic oxidation sites excluding steroid dienone is 1. The largest absolute Gasteiger partial charge is 0.478 e. The van der Waals surface area contributed by atoms with Gasteiger partial charge in [0.2, 0.25) is 0 Å². The van der Waals surface area contributed by atoms with Gasteiger partial charge in [0.25, 0.3) is 0 Å². The SMILES string of the molecule is COC(=O)C(Cc1ccc(C(=O)O)cc1)=C(OC(C)=O)C(C)C. The Morgan fingerprint density at radius 3 is 2.09 bits per heavy atom. The molecule has 0 fully saturated rings.